The van der Waals surface area contributed by atoms with Gasteiger partial charge in [0.1, 0.15) is 25.4 Å². The Labute approximate surface area is 294 Å². The van der Waals surface area contributed by atoms with Crippen LogP contribution in [0.25, 0.3) is 0 Å². The Hall–Kier alpha value is -2.74. The first-order valence-corrected chi connectivity index (χ1v) is 19.6. The summed E-state index contributed by atoms with van der Waals surface area (Å²) in [5.74, 6) is -1.71. The zero-order chi connectivity index (χ0) is 37.2. The van der Waals surface area contributed by atoms with E-state index in [4.69, 9.17) is 42.3 Å². The summed E-state index contributed by atoms with van der Waals surface area (Å²) in [6.07, 6.45) is -0.599. The van der Waals surface area contributed by atoms with Crippen molar-refractivity contribution in [3.63, 3.8) is 0 Å². The molecule has 2 rings (SSSR count). The van der Waals surface area contributed by atoms with Crippen LogP contribution in [0.2, 0.25) is 18.1 Å². The number of carbonyl (C=O) groups is 2. The number of ether oxygens (including phenoxy) is 8. The topological polar surface area (TPSA) is 117 Å². The third kappa shape index (κ3) is 11.4. The van der Waals surface area contributed by atoms with Gasteiger partial charge in [-0.15, -0.1) is 0 Å². The highest BCUT2D eigenvalue weighted by Gasteiger charge is 2.53. The zero-order valence-electron chi connectivity index (χ0n) is 31.7. The molecule has 0 N–H and O–H groups in total. The standard InChI is InChI=1S/C37H60O11Si/c1-15-18-45-31(38)21-37(43-12)20-30(48-49(13,14)36(6,7)8)25(4)34(47-37)26(5)35(42-11)33(24(2)3)46-32(39)23-44-22-27-16-17-28(40-9)29(19-27)41-10/h15-17,19,25-26,30,33-35H,1-2,18,20-23H2,3-14H3/t25-,26+,30+,33+,34-,35+,37+/m1/s1. The van der Waals surface area contributed by atoms with Crippen LogP contribution >= 0.6 is 0 Å². The lowest BCUT2D eigenvalue weighted by atomic mass is 9.78. The van der Waals surface area contributed by atoms with Gasteiger partial charge in [-0.3, -0.25) is 4.79 Å². The lowest BCUT2D eigenvalue weighted by Gasteiger charge is -2.52. The van der Waals surface area contributed by atoms with E-state index in [2.05, 4.69) is 53.9 Å². The van der Waals surface area contributed by atoms with E-state index < -0.39 is 44.4 Å². The summed E-state index contributed by atoms with van der Waals surface area (Å²) in [7, 11) is 3.94. The minimum Gasteiger partial charge on any atom is -0.493 e. The number of esters is 2. The second-order valence-electron chi connectivity index (χ2n) is 14.3. The molecular formula is C37H60O11Si. The number of hydrogen-bond acceptors (Lipinski definition) is 11. The molecule has 0 saturated carbocycles. The van der Waals surface area contributed by atoms with E-state index in [-0.39, 0.29) is 49.2 Å². The lowest BCUT2D eigenvalue weighted by Crippen LogP contribution is -2.60. The molecule has 278 valence electrons. The molecule has 12 heteroatoms. The Bertz CT molecular complexity index is 1260. The van der Waals surface area contributed by atoms with Crippen molar-refractivity contribution in [2.75, 3.05) is 41.7 Å². The Morgan fingerprint density at radius 3 is 2.29 bits per heavy atom. The van der Waals surface area contributed by atoms with Crippen LogP contribution in [0.1, 0.15) is 59.9 Å². The van der Waals surface area contributed by atoms with Gasteiger partial charge in [-0.05, 0) is 48.3 Å². The average Bonchev–Trinajstić information content (AvgIpc) is 3.04. The number of rotatable bonds is 19. The molecule has 1 saturated heterocycles. The monoisotopic (exact) mass is 708 g/mol. The van der Waals surface area contributed by atoms with Crippen molar-refractivity contribution >= 4 is 20.3 Å². The quantitative estimate of drug-likeness (QED) is 0.0875. The fourth-order valence-corrected chi connectivity index (χ4v) is 7.19. The van der Waals surface area contributed by atoms with Crippen LogP contribution in [-0.4, -0.2) is 92.1 Å². The molecule has 0 aliphatic carbocycles. The molecule has 0 amide bonds. The summed E-state index contributed by atoms with van der Waals surface area (Å²) >= 11 is 0. The molecular weight excluding hydrogens is 648 g/mol. The SMILES string of the molecule is C=CCOC(=O)C[C@]1(OC)C[C@H](O[Si](C)(C)C(C)(C)C)[C@@H](C)[C@H]([C@H](C)[C@H](OC)[C@@H](OC(=O)COCc2ccc(OC)c(OC)c2)C(=C)C)O1. The lowest BCUT2D eigenvalue weighted by molar-refractivity contribution is -0.312. The summed E-state index contributed by atoms with van der Waals surface area (Å²) < 4.78 is 53.4. The minimum absolute atomic E-state index is 0.0550. The van der Waals surface area contributed by atoms with Gasteiger partial charge in [0, 0.05) is 32.5 Å². The maximum Gasteiger partial charge on any atom is 0.332 e. The van der Waals surface area contributed by atoms with Crippen molar-refractivity contribution in [1.82, 2.24) is 0 Å². The highest BCUT2D eigenvalue weighted by atomic mass is 28.4. The fourth-order valence-electron chi connectivity index (χ4n) is 5.79. The summed E-state index contributed by atoms with van der Waals surface area (Å²) in [5.41, 5.74) is 1.40. The molecule has 1 aliphatic heterocycles. The molecule has 1 aliphatic rings. The first-order valence-electron chi connectivity index (χ1n) is 16.7. The maximum atomic E-state index is 13.1. The van der Waals surface area contributed by atoms with Crippen molar-refractivity contribution in [1.29, 1.82) is 0 Å². The second kappa shape index (κ2) is 18.5. The fraction of sp³-hybridized carbons (Fsp3) is 0.676. The Kier molecular flexibility index (Phi) is 16.0. The van der Waals surface area contributed by atoms with E-state index in [1.54, 1.807) is 40.4 Å². The highest BCUT2D eigenvalue weighted by Crippen LogP contribution is 2.45. The van der Waals surface area contributed by atoms with Gasteiger partial charge < -0.3 is 42.3 Å². The highest BCUT2D eigenvalue weighted by molar-refractivity contribution is 6.74. The molecule has 49 heavy (non-hydrogen) atoms. The normalized spacial score (nSPS) is 23.1. The molecule has 1 fully saturated rings. The van der Waals surface area contributed by atoms with Gasteiger partial charge in [0.25, 0.3) is 0 Å². The van der Waals surface area contributed by atoms with Gasteiger partial charge in [-0.2, -0.15) is 0 Å². The van der Waals surface area contributed by atoms with Crippen molar-refractivity contribution < 1.29 is 51.9 Å². The van der Waals surface area contributed by atoms with E-state index >= 15 is 0 Å². The first-order chi connectivity index (χ1) is 22.9. The number of hydrogen-bond donors (Lipinski definition) is 0. The van der Waals surface area contributed by atoms with Crippen molar-refractivity contribution in [3.05, 3.63) is 48.6 Å². The van der Waals surface area contributed by atoms with Gasteiger partial charge in [0.15, 0.2) is 25.6 Å². The van der Waals surface area contributed by atoms with E-state index in [1.807, 2.05) is 13.0 Å². The molecule has 1 aromatic rings. The van der Waals surface area contributed by atoms with Gasteiger partial charge >= 0.3 is 11.9 Å². The molecule has 1 heterocycles. The first kappa shape index (κ1) is 42.4. The van der Waals surface area contributed by atoms with Crippen LogP contribution in [-0.2, 0) is 49.0 Å². The van der Waals surface area contributed by atoms with Crippen LogP contribution < -0.4 is 9.47 Å². The van der Waals surface area contributed by atoms with Gasteiger partial charge in [-0.25, -0.2) is 4.79 Å². The number of methoxy groups -OCH3 is 4. The van der Waals surface area contributed by atoms with E-state index in [1.165, 1.54) is 13.2 Å². The number of benzene rings is 1. The molecule has 0 aromatic heterocycles. The van der Waals surface area contributed by atoms with Crippen LogP contribution in [0.15, 0.2) is 43.0 Å². The Balaban J connectivity index is 2.32. The molecule has 7 atom stereocenters. The summed E-state index contributed by atoms with van der Waals surface area (Å²) in [6.45, 7) is 24.5. The van der Waals surface area contributed by atoms with Crippen LogP contribution in [0, 0.1) is 11.8 Å². The molecule has 1 aromatic carbocycles. The largest absolute Gasteiger partial charge is 0.493 e. The summed E-state index contributed by atoms with van der Waals surface area (Å²) in [4.78, 5) is 26.0. The van der Waals surface area contributed by atoms with Crippen molar-refractivity contribution in [2.24, 2.45) is 11.8 Å². The predicted octanol–water partition coefficient (Wildman–Crippen LogP) is 6.64. The minimum atomic E-state index is -2.26. The second-order valence-corrected chi connectivity index (χ2v) is 19.1. The van der Waals surface area contributed by atoms with E-state index in [0.717, 1.165) is 5.56 Å². The maximum absolute atomic E-state index is 13.1. The summed E-state index contributed by atoms with van der Waals surface area (Å²) in [6, 6.07) is 5.39. The van der Waals surface area contributed by atoms with Crippen LogP contribution in [0.5, 0.6) is 11.5 Å². The zero-order valence-corrected chi connectivity index (χ0v) is 32.7. The Morgan fingerprint density at radius 2 is 1.76 bits per heavy atom. The van der Waals surface area contributed by atoms with Crippen LogP contribution in [0.3, 0.4) is 0 Å². The molecule has 0 radical (unpaired) electrons. The van der Waals surface area contributed by atoms with Crippen molar-refractivity contribution in [2.45, 2.75) is 109 Å². The number of carbonyl (C=O) groups excluding carboxylic acids is 2. The third-order valence-electron chi connectivity index (χ3n) is 9.66. The predicted molar refractivity (Wildman–Crippen MR) is 190 cm³/mol. The van der Waals surface area contributed by atoms with E-state index in [0.29, 0.717) is 23.5 Å². The van der Waals surface area contributed by atoms with E-state index in [9.17, 15) is 9.59 Å². The Morgan fingerprint density at radius 1 is 1.10 bits per heavy atom. The smallest absolute Gasteiger partial charge is 0.332 e. The average molecular weight is 709 g/mol. The molecule has 11 nitrogen and oxygen atoms in total. The van der Waals surface area contributed by atoms with Gasteiger partial charge in [-0.1, -0.05) is 59.9 Å². The summed E-state index contributed by atoms with van der Waals surface area (Å²) in [5, 5.41) is -0.0550. The third-order valence-corrected chi connectivity index (χ3v) is 14.2. The van der Waals surface area contributed by atoms with Gasteiger partial charge in [0.2, 0.25) is 0 Å². The molecule has 0 unspecified atom stereocenters. The van der Waals surface area contributed by atoms with Crippen LogP contribution in [0.4, 0.5) is 0 Å². The molecule has 0 bridgehead atoms. The molecule has 0 spiro atoms. The van der Waals surface area contributed by atoms with Crippen molar-refractivity contribution in [3.8, 4) is 11.5 Å². The van der Waals surface area contributed by atoms with Gasteiger partial charge in [0.05, 0.1) is 39.5 Å².